The first kappa shape index (κ1) is 17.9. The van der Waals surface area contributed by atoms with Crippen LogP contribution in [0.2, 0.25) is 0 Å². The lowest BCUT2D eigenvalue weighted by molar-refractivity contribution is 0.322. The molecule has 148 valence electrons. The van der Waals surface area contributed by atoms with Crippen LogP contribution in [0.4, 0.5) is 5.69 Å². The fraction of sp³-hybridized carbons (Fsp3) is 0.280. The van der Waals surface area contributed by atoms with E-state index in [1.807, 2.05) is 0 Å². The van der Waals surface area contributed by atoms with Crippen LogP contribution < -0.4 is 19.5 Å². The summed E-state index contributed by atoms with van der Waals surface area (Å²) in [6.45, 7) is 0. The van der Waals surface area contributed by atoms with Gasteiger partial charge in [-0.2, -0.15) is 0 Å². The predicted molar refractivity (Wildman–Crippen MR) is 116 cm³/mol. The number of fused-ring (bicyclic) bond motifs is 5. The van der Waals surface area contributed by atoms with Gasteiger partial charge in [-0.25, -0.2) is 0 Å². The van der Waals surface area contributed by atoms with Crippen molar-refractivity contribution in [2.75, 3.05) is 26.6 Å². The third-order valence-corrected chi connectivity index (χ3v) is 6.31. The summed E-state index contributed by atoms with van der Waals surface area (Å²) in [4.78, 5) is 0. The second-order valence-corrected chi connectivity index (χ2v) is 7.69. The number of benzene rings is 3. The molecular formula is C25H25NO3. The van der Waals surface area contributed by atoms with E-state index in [1.54, 1.807) is 21.3 Å². The van der Waals surface area contributed by atoms with Gasteiger partial charge in [-0.3, -0.25) is 0 Å². The van der Waals surface area contributed by atoms with Crippen molar-refractivity contribution in [2.24, 2.45) is 5.92 Å². The van der Waals surface area contributed by atoms with E-state index in [2.05, 4.69) is 66.0 Å². The van der Waals surface area contributed by atoms with Crippen LogP contribution in [-0.2, 0) is 0 Å². The van der Waals surface area contributed by atoms with Crippen molar-refractivity contribution in [2.45, 2.75) is 18.4 Å². The number of anilines is 1. The van der Waals surface area contributed by atoms with E-state index in [4.69, 9.17) is 14.2 Å². The zero-order chi connectivity index (χ0) is 20.0. The molecule has 0 radical (unpaired) electrons. The second kappa shape index (κ2) is 7.03. The molecule has 3 aromatic rings. The van der Waals surface area contributed by atoms with Gasteiger partial charge in [-0.05, 0) is 41.0 Å². The van der Waals surface area contributed by atoms with E-state index in [0.29, 0.717) is 29.1 Å². The molecule has 0 aromatic heterocycles. The highest BCUT2D eigenvalue weighted by molar-refractivity contribution is 5.96. The number of allylic oxidation sites excluding steroid dienone is 2. The SMILES string of the molecule is COc1cc([C@@H]2Nc3c(ccc4ccccc34)[C@H]3C=CC[C@@H]32)cc(OC)c1OC. The molecule has 1 aliphatic heterocycles. The highest BCUT2D eigenvalue weighted by Gasteiger charge is 2.39. The summed E-state index contributed by atoms with van der Waals surface area (Å²) in [6, 6.07) is 17.4. The quantitative estimate of drug-likeness (QED) is 0.584. The highest BCUT2D eigenvalue weighted by Crippen LogP contribution is 2.53. The lowest BCUT2D eigenvalue weighted by Gasteiger charge is -2.38. The summed E-state index contributed by atoms with van der Waals surface area (Å²) >= 11 is 0. The van der Waals surface area contributed by atoms with Gasteiger partial charge < -0.3 is 19.5 Å². The van der Waals surface area contributed by atoms with E-state index < -0.39 is 0 Å². The number of rotatable bonds is 4. The number of ether oxygens (including phenoxy) is 3. The summed E-state index contributed by atoms with van der Waals surface area (Å²) in [5.74, 6) is 2.86. The van der Waals surface area contributed by atoms with Gasteiger partial charge in [0.2, 0.25) is 5.75 Å². The van der Waals surface area contributed by atoms with Crippen LogP contribution in [0, 0.1) is 5.92 Å². The van der Waals surface area contributed by atoms with Crippen LogP contribution in [0.3, 0.4) is 0 Å². The minimum absolute atomic E-state index is 0.155. The Kier molecular flexibility index (Phi) is 4.35. The summed E-state index contributed by atoms with van der Waals surface area (Å²) < 4.78 is 16.7. The molecule has 4 nitrogen and oxygen atoms in total. The maximum atomic E-state index is 5.61. The normalized spacial score (nSPS) is 22.0. The molecule has 4 heteroatoms. The molecule has 1 heterocycles. The number of nitrogens with one attached hydrogen (secondary N) is 1. The summed E-state index contributed by atoms with van der Waals surface area (Å²) in [5.41, 5.74) is 3.76. The van der Waals surface area contributed by atoms with E-state index >= 15 is 0 Å². The molecule has 0 saturated carbocycles. The Labute approximate surface area is 171 Å². The summed E-state index contributed by atoms with van der Waals surface area (Å²) in [6.07, 6.45) is 5.72. The first-order valence-corrected chi connectivity index (χ1v) is 10.00. The Balaban J connectivity index is 1.67. The molecule has 0 saturated heterocycles. The fourth-order valence-electron chi connectivity index (χ4n) is 4.95. The third-order valence-electron chi connectivity index (χ3n) is 6.31. The highest BCUT2D eigenvalue weighted by atomic mass is 16.5. The van der Waals surface area contributed by atoms with Gasteiger partial charge in [0.05, 0.1) is 27.4 Å². The second-order valence-electron chi connectivity index (χ2n) is 7.69. The number of methoxy groups -OCH3 is 3. The van der Waals surface area contributed by atoms with E-state index in [9.17, 15) is 0 Å². The van der Waals surface area contributed by atoms with Gasteiger partial charge >= 0.3 is 0 Å². The zero-order valence-corrected chi connectivity index (χ0v) is 16.9. The van der Waals surface area contributed by atoms with Crippen LogP contribution in [-0.4, -0.2) is 21.3 Å². The molecule has 1 aliphatic carbocycles. The van der Waals surface area contributed by atoms with Gasteiger partial charge in [0, 0.05) is 17.0 Å². The zero-order valence-electron chi connectivity index (χ0n) is 16.9. The van der Waals surface area contributed by atoms with Crippen LogP contribution in [0.1, 0.15) is 29.5 Å². The first-order chi connectivity index (χ1) is 14.2. The van der Waals surface area contributed by atoms with Gasteiger partial charge in [-0.15, -0.1) is 0 Å². The van der Waals surface area contributed by atoms with Crippen molar-refractivity contribution in [3.05, 3.63) is 71.8 Å². The largest absolute Gasteiger partial charge is 0.493 e. The Morgan fingerprint density at radius 2 is 1.66 bits per heavy atom. The van der Waals surface area contributed by atoms with E-state index in [-0.39, 0.29) is 6.04 Å². The number of hydrogen-bond donors (Lipinski definition) is 1. The molecule has 0 unspecified atom stereocenters. The van der Waals surface area contributed by atoms with Gasteiger partial charge in [0.25, 0.3) is 0 Å². The minimum atomic E-state index is 0.155. The lowest BCUT2D eigenvalue weighted by Crippen LogP contribution is -2.29. The maximum absolute atomic E-state index is 5.61. The van der Waals surface area contributed by atoms with E-state index in [1.165, 1.54) is 22.0 Å². The molecule has 2 aliphatic rings. The van der Waals surface area contributed by atoms with Crippen LogP contribution in [0.15, 0.2) is 60.7 Å². The molecular weight excluding hydrogens is 362 g/mol. The summed E-state index contributed by atoms with van der Waals surface area (Å²) in [5, 5.41) is 6.39. The molecule has 3 atom stereocenters. The molecule has 5 rings (SSSR count). The average molecular weight is 387 g/mol. The Hall–Kier alpha value is -3.14. The van der Waals surface area contributed by atoms with Crippen LogP contribution >= 0.6 is 0 Å². The number of hydrogen-bond acceptors (Lipinski definition) is 4. The molecule has 29 heavy (non-hydrogen) atoms. The van der Waals surface area contributed by atoms with Crippen molar-refractivity contribution in [1.82, 2.24) is 0 Å². The molecule has 0 bridgehead atoms. The fourth-order valence-corrected chi connectivity index (χ4v) is 4.95. The average Bonchev–Trinajstić information content (AvgIpc) is 3.27. The predicted octanol–water partition coefficient (Wildman–Crippen LogP) is 5.69. The first-order valence-electron chi connectivity index (χ1n) is 10.00. The molecule has 0 amide bonds. The van der Waals surface area contributed by atoms with Gasteiger partial charge in [-0.1, -0.05) is 48.6 Å². The van der Waals surface area contributed by atoms with Crippen LogP contribution in [0.5, 0.6) is 17.2 Å². The lowest BCUT2D eigenvalue weighted by atomic mass is 9.76. The topological polar surface area (TPSA) is 39.7 Å². The molecule has 3 aromatic carbocycles. The Bertz CT molecular complexity index is 1080. The smallest absolute Gasteiger partial charge is 0.203 e. The monoisotopic (exact) mass is 387 g/mol. The molecule has 0 spiro atoms. The van der Waals surface area contributed by atoms with Gasteiger partial charge in [0.15, 0.2) is 11.5 Å². The van der Waals surface area contributed by atoms with Crippen molar-refractivity contribution in [1.29, 1.82) is 0 Å². The standard InChI is InChI=1S/C25H25NO3/c1-27-21-13-16(14-22(28-2)25(21)29-3)23-19-10-6-9-18(19)20-12-11-15-7-4-5-8-17(15)24(20)26-23/h4-9,11-14,18-19,23,26H,10H2,1-3H3/t18-,19-,23-/m0/s1. The Morgan fingerprint density at radius 1 is 0.897 bits per heavy atom. The van der Waals surface area contributed by atoms with Crippen molar-refractivity contribution < 1.29 is 14.2 Å². The minimum Gasteiger partial charge on any atom is -0.493 e. The van der Waals surface area contributed by atoms with E-state index in [0.717, 1.165) is 12.0 Å². The third kappa shape index (κ3) is 2.74. The molecule has 0 fully saturated rings. The maximum Gasteiger partial charge on any atom is 0.203 e. The molecule has 1 N–H and O–H groups in total. The Morgan fingerprint density at radius 3 is 2.38 bits per heavy atom. The van der Waals surface area contributed by atoms with Gasteiger partial charge in [0.1, 0.15) is 0 Å². The van der Waals surface area contributed by atoms with Crippen molar-refractivity contribution in [3.8, 4) is 17.2 Å². The summed E-state index contributed by atoms with van der Waals surface area (Å²) in [7, 11) is 4.97. The van der Waals surface area contributed by atoms with Crippen LogP contribution in [0.25, 0.3) is 10.8 Å². The van der Waals surface area contributed by atoms with Crippen molar-refractivity contribution >= 4 is 16.5 Å². The van der Waals surface area contributed by atoms with Crippen molar-refractivity contribution in [3.63, 3.8) is 0 Å².